The molecule has 1 atom stereocenters. The normalized spacial score (nSPS) is 17.4. The molecule has 0 aliphatic carbocycles. The van der Waals surface area contributed by atoms with E-state index in [0.717, 1.165) is 18.8 Å². The first-order valence-electron chi connectivity index (χ1n) is 6.74. The standard InChI is InChI=1S/C14H17N3O2S/c1-3-19-14(18)12-9(2)16-17-11(4-6-15-13(12)17)10-5-7-20-8-10/h5,7-8,11,15H,3-4,6H2,1-2H3. The summed E-state index contributed by atoms with van der Waals surface area (Å²) in [5.74, 6) is 0.480. The smallest absolute Gasteiger partial charge is 0.343 e. The molecule has 2 aromatic rings. The van der Waals surface area contributed by atoms with Crippen LogP contribution in [0.1, 0.15) is 41.0 Å². The first kappa shape index (κ1) is 13.2. The van der Waals surface area contributed by atoms with Crippen molar-refractivity contribution in [3.8, 4) is 0 Å². The number of carbonyl (C=O) groups excluding carboxylic acids is 1. The highest BCUT2D eigenvalue weighted by atomic mass is 32.1. The maximum absolute atomic E-state index is 12.1. The summed E-state index contributed by atoms with van der Waals surface area (Å²) in [6.07, 6.45) is 0.965. The lowest BCUT2D eigenvalue weighted by Crippen LogP contribution is -2.25. The third-order valence-corrected chi connectivity index (χ3v) is 4.20. The van der Waals surface area contributed by atoms with Gasteiger partial charge in [-0.15, -0.1) is 0 Å². The molecule has 0 aromatic carbocycles. The van der Waals surface area contributed by atoms with E-state index in [4.69, 9.17) is 4.74 Å². The van der Waals surface area contributed by atoms with Gasteiger partial charge in [0.05, 0.1) is 18.3 Å². The fourth-order valence-electron chi connectivity index (χ4n) is 2.61. The summed E-state index contributed by atoms with van der Waals surface area (Å²) in [6.45, 7) is 4.86. The summed E-state index contributed by atoms with van der Waals surface area (Å²) in [5.41, 5.74) is 2.52. The second-order valence-electron chi connectivity index (χ2n) is 4.76. The van der Waals surface area contributed by atoms with Crippen molar-refractivity contribution in [2.24, 2.45) is 0 Å². The van der Waals surface area contributed by atoms with Crippen molar-refractivity contribution in [3.05, 3.63) is 33.6 Å². The van der Waals surface area contributed by atoms with Gasteiger partial charge in [0.25, 0.3) is 0 Å². The van der Waals surface area contributed by atoms with Gasteiger partial charge in [-0.25, -0.2) is 9.48 Å². The van der Waals surface area contributed by atoms with E-state index in [9.17, 15) is 4.79 Å². The predicted octanol–water partition coefficient (Wildman–Crippen LogP) is 2.83. The highest BCUT2D eigenvalue weighted by molar-refractivity contribution is 7.07. The molecule has 1 aliphatic heterocycles. The Morgan fingerprint density at radius 1 is 1.65 bits per heavy atom. The molecule has 0 amide bonds. The summed E-state index contributed by atoms with van der Waals surface area (Å²) in [4.78, 5) is 12.1. The van der Waals surface area contributed by atoms with Crippen LogP contribution >= 0.6 is 11.3 Å². The van der Waals surface area contributed by atoms with E-state index < -0.39 is 0 Å². The molecule has 0 spiro atoms. The number of nitrogens with zero attached hydrogens (tertiary/aromatic N) is 2. The van der Waals surface area contributed by atoms with Gasteiger partial charge >= 0.3 is 5.97 Å². The second-order valence-corrected chi connectivity index (χ2v) is 5.54. The molecule has 3 rings (SSSR count). The lowest BCUT2D eigenvalue weighted by atomic mass is 10.1. The molecule has 3 heterocycles. The van der Waals surface area contributed by atoms with E-state index in [0.29, 0.717) is 17.9 Å². The Morgan fingerprint density at radius 3 is 3.20 bits per heavy atom. The number of thiophene rings is 1. The van der Waals surface area contributed by atoms with Crippen molar-refractivity contribution >= 4 is 23.1 Å². The van der Waals surface area contributed by atoms with Gasteiger partial charge in [-0.05, 0) is 42.7 Å². The maximum Gasteiger partial charge on any atom is 0.343 e. The molecule has 6 heteroatoms. The molecular weight excluding hydrogens is 274 g/mol. The highest BCUT2D eigenvalue weighted by Crippen LogP contribution is 2.34. The number of fused-ring (bicyclic) bond motifs is 1. The van der Waals surface area contributed by atoms with Crippen molar-refractivity contribution in [1.82, 2.24) is 9.78 Å². The zero-order valence-corrected chi connectivity index (χ0v) is 12.4. The maximum atomic E-state index is 12.1. The largest absolute Gasteiger partial charge is 0.462 e. The van der Waals surface area contributed by atoms with Crippen LogP contribution in [0.3, 0.4) is 0 Å². The van der Waals surface area contributed by atoms with Gasteiger partial charge < -0.3 is 10.1 Å². The number of hydrogen-bond acceptors (Lipinski definition) is 5. The predicted molar refractivity (Wildman–Crippen MR) is 78.5 cm³/mol. The van der Waals surface area contributed by atoms with Gasteiger partial charge in [-0.3, -0.25) is 0 Å². The fraction of sp³-hybridized carbons (Fsp3) is 0.429. The molecule has 0 saturated heterocycles. The minimum Gasteiger partial charge on any atom is -0.462 e. The van der Waals surface area contributed by atoms with Crippen LogP contribution in [-0.2, 0) is 4.74 Å². The minimum atomic E-state index is -0.301. The summed E-state index contributed by atoms with van der Waals surface area (Å²) < 4.78 is 7.05. The van der Waals surface area contributed by atoms with Crippen LogP contribution in [0.25, 0.3) is 0 Å². The second kappa shape index (κ2) is 5.28. The molecule has 5 nitrogen and oxygen atoms in total. The van der Waals surface area contributed by atoms with E-state index in [1.54, 1.807) is 11.3 Å². The van der Waals surface area contributed by atoms with Crippen LogP contribution in [0.4, 0.5) is 5.82 Å². The van der Waals surface area contributed by atoms with E-state index >= 15 is 0 Å². The quantitative estimate of drug-likeness (QED) is 0.884. The Bertz CT molecular complexity index is 619. The van der Waals surface area contributed by atoms with Gasteiger partial charge in [0, 0.05) is 6.54 Å². The Morgan fingerprint density at radius 2 is 2.50 bits per heavy atom. The van der Waals surface area contributed by atoms with E-state index in [1.165, 1.54) is 5.56 Å². The third kappa shape index (κ3) is 2.10. The first-order valence-corrected chi connectivity index (χ1v) is 7.68. The van der Waals surface area contributed by atoms with Gasteiger partial charge in [0.15, 0.2) is 0 Å². The average Bonchev–Trinajstić information content (AvgIpc) is 3.04. The van der Waals surface area contributed by atoms with Gasteiger partial charge in [-0.1, -0.05) is 0 Å². The monoisotopic (exact) mass is 291 g/mol. The topological polar surface area (TPSA) is 56.1 Å². The molecule has 1 unspecified atom stereocenters. The molecule has 106 valence electrons. The Hall–Kier alpha value is -1.82. The average molecular weight is 291 g/mol. The molecule has 0 fully saturated rings. The number of hydrogen-bond donors (Lipinski definition) is 1. The zero-order chi connectivity index (χ0) is 14.1. The van der Waals surface area contributed by atoms with E-state index in [1.807, 2.05) is 18.5 Å². The molecule has 1 N–H and O–H groups in total. The number of nitrogens with one attached hydrogen (secondary N) is 1. The molecule has 0 saturated carbocycles. The summed E-state index contributed by atoms with van der Waals surface area (Å²) >= 11 is 1.68. The molecule has 0 bridgehead atoms. The van der Waals surface area contributed by atoms with Gasteiger partial charge in [0.1, 0.15) is 11.4 Å². The number of carbonyl (C=O) groups is 1. The van der Waals surface area contributed by atoms with Crippen molar-refractivity contribution in [3.63, 3.8) is 0 Å². The van der Waals surface area contributed by atoms with Crippen LogP contribution in [0.5, 0.6) is 0 Å². The summed E-state index contributed by atoms with van der Waals surface area (Å²) in [5, 5.41) is 12.0. The fourth-order valence-corrected chi connectivity index (χ4v) is 3.32. The Kier molecular flexibility index (Phi) is 3.48. The van der Waals surface area contributed by atoms with Crippen molar-refractivity contribution in [1.29, 1.82) is 0 Å². The van der Waals surface area contributed by atoms with Crippen LogP contribution < -0.4 is 5.32 Å². The van der Waals surface area contributed by atoms with Gasteiger partial charge in [-0.2, -0.15) is 16.4 Å². The highest BCUT2D eigenvalue weighted by Gasteiger charge is 2.30. The number of aryl methyl sites for hydroxylation is 1. The number of aromatic nitrogens is 2. The van der Waals surface area contributed by atoms with E-state index in [2.05, 4.69) is 27.2 Å². The lowest BCUT2D eigenvalue weighted by molar-refractivity contribution is 0.0526. The van der Waals surface area contributed by atoms with Crippen molar-refractivity contribution in [2.45, 2.75) is 26.3 Å². The van der Waals surface area contributed by atoms with Crippen molar-refractivity contribution < 1.29 is 9.53 Å². The van der Waals surface area contributed by atoms with Crippen LogP contribution in [0.2, 0.25) is 0 Å². The zero-order valence-electron chi connectivity index (χ0n) is 11.5. The Labute approximate surface area is 121 Å². The number of ether oxygens (including phenoxy) is 1. The summed E-state index contributed by atoms with van der Waals surface area (Å²) in [7, 11) is 0. The molecular formula is C14H17N3O2S. The third-order valence-electron chi connectivity index (χ3n) is 3.50. The number of rotatable bonds is 3. The minimum absolute atomic E-state index is 0.194. The molecule has 0 radical (unpaired) electrons. The molecule has 1 aliphatic rings. The van der Waals surface area contributed by atoms with Gasteiger partial charge in [0.2, 0.25) is 0 Å². The summed E-state index contributed by atoms with van der Waals surface area (Å²) in [6, 6.07) is 2.31. The van der Waals surface area contributed by atoms with E-state index in [-0.39, 0.29) is 12.0 Å². The number of esters is 1. The lowest BCUT2D eigenvalue weighted by Gasteiger charge is -2.25. The molecule has 2 aromatic heterocycles. The Balaban J connectivity index is 2.04. The molecule has 20 heavy (non-hydrogen) atoms. The van der Waals surface area contributed by atoms with Crippen LogP contribution in [-0.4, -0.2) is 28.9 Å². The van der Waals surface area contributed by atoms with Crippen molar-refractivity contribution in [2.75, 3.05) is 18.5 Å². The van der Waals surface area contributed by atoms with Crippen LogP contribution in [0.15, 0.2) is 16.8 Å². The SMILES string of the molecule is CCOC(=O)c1c(C)nn2c1NCCC2c1ccsc1. The van der Waals surface area contributed by atoms with Crippen LogP contribution in [0, 0.1) is 6.92 Å². The first-order chi connectivity index (χ1) is 9.72. The number of anilines is 1.